The third-order valence-electron chi connectivity index (χ3n) is 6.46. The third-order valence-corrected chi connectivity index (χ3v) is 6.46. The highest BCUT2D eigenvalue weighted by Crippen LogP contribution is 2.62. The molecule has 3 nitrogen and oxygen atoms in total. The lowest BCUT2D eigenvalue weighted by molar-refractivity contribution is -0.0917. The van der Waals surface area contributed by atoms with Crippen molar-refractivity contribution in [3.8, 4) is 6.07 Å². The number of nitrogens with zero attached hydrogens (tertiary/aromatic N) is 2. The monoisotopic (exact) mass is 276 g/mol. The Balaban J connectivity index is 1.83. The lowest BCUT2D eigenvalue weighted by Gasteiger charge is -2.45. The molecular formula is C17H28N2O. The van der Waals surface area contributed by atoms with Crippen LogP contribution >= 0.6 is 0 Å². The minimum absolute atomic E-state index is 0.442. The minimum Gasteiger partial charge on any atom is -0.388 e. The molecule has 3 heteroatoms. The summed E-state index contributed by atoms with van der Waals surface area (Å²) in [5.41, 5.74) is -1.19. The summed E-state index contributed by atoms with van der Waals surface area (Å²) >= 11 is 0. The summed E-state index contributed by atoms with van der Waals surface area (Å²) in [6.45, 7) is 6.45. The van der Waals surface area contributed by atoms with Crippen molar-refractivity contribution in [3.05, 3.63) is 0 Å². The van der Waals surface area contributed by atoms with Gasteiger partial charge >= 0.3 is 0 Å². The number of hydrogen-bond donors (Lipinski definition) is 1. The molecule has 3 aliphatic rings. The van der Waals surface area contributed by atoms with Gasteiger partial charge in [-0.05, 0) is 70.8 Å². The number of hydrogen-bond acceptors (Lipinski definition) is 3. The average Bonchev–Trinajstić information content (AvgIpc) is 2.97. The van der Waals surface area contributed by atoms with Gasteiger partial charge in [0.15, 0.2) is 0 Å². The minimum atomic E-state index is -0.745. The molecule has 2 bridgehead atoms. The van der Waals surface area contributed by atoms with Gasteiger partial charge in [-0.15, -0.1) is 0 Å². The molecule has 1 aliphatic heterocycles. The molecule has 112 valence electrons. The van der Waals surface area contributed by atoms with E-state index in [9.17, 15) is 10.4 Å². The van der Waals surface area contributed by atoms with Crippen molar-refractivity contribution in [1.82, 2.24) is 4.90 Å². The third kappa shape index (κ3) is 2.00. The van der Waals surface area contributed by atoms with Crippen LogP contribution in [-0.4, -0.2) is 34.7 Å². The number of likely N-dealkylation sites (tertiary alicyclic amines) is 1. The van der Waals surface area contributed by atoms with E-state index in [4.69, 9.17) is 0 Å². The maximum atomic E-state index is 11.4. The quantitative estimate of drug-likeness (QED) is 0.843. The Kier molecular flexibility index (Phi) is 3.59. The highest BCUT2D eigenvalue weighted by atomic mass is 16.3. The molecule has 0 amide bonds. The van der Waals surface area contributed by atoms with Crippen molar-refractivity contribution in [2.75, 3.05) is 13.1 Å². The molecule has 2 aliphatic carbocycles. The van der Waals surface area contributed by atoms with Gasteiger partial charge < -0.3 is 10.0 Å². The Labute approximate surface area is 123 Å². The zero-order valence-corrected chi connectivity index (χ0v) is 12.9. The van der Waals surface area contributed by atoms with E-state index in [0.29, 0.717) is 17.9 Å². The summed E-state index contributed by atoms with van der Waals surface area (Å²) in [6.07, 6.45) is 7.19. The Bertz CT molecular complexity index is 416. The molecular weight excluding hydrogens is 248 g/mol. The molecule has 0 spiro atoms. The molecule has 2 saturated carbocycles. The molecule has 0 aromatic carbocycles. The molecule has 3 fully saturated rings. The van der Waals surface area contributed by atoms with Crippen molar-refractivity contribution in [1.29, 1.82) is 5.26 Å². The lowest BCUT2D eigenvalue weighted by Crippen LogP contribution is -2.51. The van der Waals surface area contributed by atoms with E-state index in [1.54, 1.807) is 0 Å². The summed E-state index contributed by atoms with van der Waals surface area (Å²) < 4.78 is 0. The summed E-state index contributed by atoms with van der Waals surface area (Å²) in [6, 6.07) is 3.16. The number of aliphatic hydroxyl groups is 1. The Morgan fingerprint density at radius 3 is 2.60 bits per heavy atom. The average molecular weight is 276 g/mol. The van der Waals surface area contributed by atoms with Gasteiger partial charge in [0.1, 0.15) is 0 Å². The van der Waals surface area contributed by atoms with Gasteiger partial charge in [-0.3, -0.25) is 0 Å². The van der Waals surface area contributed by atoms with E-state index in [0.717, 1.165) is 45.2 Å². The SMILES string of the molecule is CC(C)N1CCCC(O)(C2(C#N)CC3CCC2C3)CC1. The number of rotatable bonds is 2. The van der Waals surface area contributed by atoms with Gasteiger partial charge in [0.25, 0.3) is 0 Å². The van der Waals surface area contributed by atoms with Crippen LogP contribution < -0.4 is 0 Å². The molecule has 0 radical (unpaired) electrons. The Morgan fingerprint density at radius 2 is 2.05 bits per heavy atom. The largest absolute Gasteiger partial charge is 0.388 e. The van der Waals surface area contributed by atoms with Crippen molar-refractivity contribution in [2.45, 2.75) is 70.4 Å². The first kappa shape index (κ1) is 14.4. The fourth-order valence-corrected chi connectivity index (χ4v) is 5.24. The van der Waals surface area contributed by atoms with Crippen molar-refractivity contribution in [2.24, 2.45) is 17.3 Å². The second kappa shape index (κ2) is 5.00. The summed E-state index contributed by atoms with van der Waals surface area (Å²) in [4.78, 5) is 2.45. The van der Waals surface area contributed by atoms with E-state index in [1.165, 1.54) is 12.8 Å². The van der Waals surface area contributed by atoms with Crippen LogP contribution in [0.1, 0.15) is 58.8 Å². The van der Waals surface area contributed by atoms with Crippen LogP contribution in [0, 0.1) is 28.6 Å². The summed E-state index contributed by atoms with van der Waals surface area (Å²) in [7, 11) is 0. The van der Waals surface area contributed by atoms with E-state index in [1.807, 2.05) is 0 Å². The second-order valence-corrected chi connectivity index (χ2v) is 7.68. The van der Waals surface area contributed by atoms with Gasteiger partial charge in [-0.1, -0.05) is 6.42 Å². The first-order chi connectivity index (χ1) is 9.51. The molecule has 3 rings (SSSR count). The topological polar surface area (TPSA) is 47.3 Å². The van der Waals surface area contributed by atoms with Crippen molar-refractivity contribution >= 4 is 0 Å². The van der Waals surface area contributed by atoms with Crippen LogP contribution in [0.25, 0.3) is 0 Å². The number of nitriles is 1. The molecule has 1 N–H and O–H groups in total. The molecule has 1 saturated heterocycles. The summed E-state index contributed by atoms with van der Waals surface area (Å²) in [5.74, 6) is 1.15. The highest BCUT2D eigenvalue weighted by molar-refractivity contribution is 5.20. The lowest BCUT2D eigenvalue weighted by atomic mass is 9.60. The van der Waals surface area contributed by atoms with E-state index < -0.39 is 11.0 Å². The van der Waals surface area contributed by atoms with Crippen LogP contribution in [0.4, 0.5) is 0 Å². The molecule has 1 heterocycles. The second-order valence-electron chi connectivity index (χ2n) is 7.68. The molecule has 20 heavy (non-hydrogen) atoms. The summed E-state index contributed by atoms with van der Waals surface area (Å²) in [5, 5.41) is 21.3. The van der Waals surface area contributed by atoms with Crippen LogP contribution in [0.2, 0.25) is 0 Å². The van der Waals surface area contributed by atoms with Gasteiger partial charge in [0.2, 0.25) is 0 Å². The van der Waals surface area contributed by atoms with Gasteiger partial charge in [0.05, 0.1) is 17.1 Å². The molecule has 4 unspecified atom stereocenters. The maximum Gasteiger partial charge on any atom is 0.0891 e. The Morgan fingerprint density at radius 1 is 1.25 bits per heavy atom. The maximum absolute atomic E-state index is 11.4. The van der Waals surface area contributed by atoms with Crippen molar-refractivity contribution < 1.29 is 5.11 Å². The predicted octanol–water partition coefficient (Wildman–Crippen LogP) is 2.94. The zero-order valence-electron chi connectivity index (χ0n) is 12.9. The normalized spacial score (nSPS) is 45.5. The van der Waals surface area contributed by atoms with Gasteiger partial charge in [-0.2, -0.15) is 5.26 Å². The van der Waals surface area contributed by atoms with Gasteiger partial charge in [0, 0.05) is 12.6 Å². The first-order valence-corrected chi connectivity index (χ1v) is 8.38. The van der Waals surface area contributed by atoms with Crippen LogP contribution in [0.5, 0.6) is 0 Å². The fraction of sp³-hybridized carbons (Fsp3) is 0.941. The van der Waals surface area contributed by atoms with E-state index in [-0.39, 0.29) is 0 Å². The smallest absolute Gasteiger partial charge is 0.0891 e. The molecule has 4 atom stereocenters. The van der Waals surface area contributed by atoms with Crippen molar-refractivity contribution in [3.63, 3.8) is 0 Å². The Hall–Kier alpha value is -0.590. The van der Waals surface area contributed by atoms with E-state index in [2.05, 4.69) is 24.8 Å². The van der Waals surface area contributed by atoms with E-state index >= 15 is 0 Å². The standard InChI is InChI=1S/C17H28N2O/c1-13(2)19-8-3-6-17(20,7-9-19)16(12-18)11-14-4-5-15(16)10-14/h13-15,20H,3-11H2,1-2H3. The zero-order chi connectivity index (χ0) is 14.4. The van der Waals surface area contributed by atoms with Crippen LogP contribution in [-0.2, 0) is 0 Å². The van der Waals surface area contributed by atoms with Crippen LogP contribution in [0.3, 0.4) is 0 Å². The first-order valence-electron chi connectivity index (χ1n) is 8.38. The van der Waals surface area contributed by atoms with Gasteiger partial charge in [-0.25, -0.2) is 0 Å². The number of fused-ring (bicyclic) bond motifs is 2. The fourth-order valence-electron chi connectivity index (χ4n) is 5.24. The molecule has 0 aromatic rings. The van der Waals surface area contributed by atoms with Crippen LogP contribution in [0.15, 0.2) is 0 Å². The molecule has 0 aromatic heterocycles. The predicted molar refractivity (Wildman–Crippen MR) is 79.0 cm³/mol. The highest BCUT2D eigenvalue weighted by Gasteiger charge is 2.61.